The van der Waals surface area contributed by atoms with Crippen molar-refractivity contribution in [1.82, 2.24) is 20.4 Å². The molecule has 2 fully saturated rings. The van der Waals surface area contributed by atoms with Crippen molar-refractivity contribution < 1.29 is 14.3 Å². The molecule has 24 heavy (non-hydrogen) atoms. The van der Waals surface area contributed by atoms with Crippen LogP contribution in [0.3, 0.4) is 0 Å². The Bertz CT molecular complexity index is 558. The summed E-state index contributed by atoms with van der Waals surface area (Å²) < 4.78 is 5.71. The Kier molecular flexibility index (Phi) is 5.66. The number of rotatable bonds is 5. The standard InChI is InChI=1S/C17H24N4O3/c22-16-13-18-12-15(19-16)17(23)21-8-6-20(7-9-21)10-11-24-14-4-2-1-3-5-14/h1-5,15,18H,6-13H2,(H,19,22). The summed E-state index contributed by atoms with van der Waals surface area (Å²) in [4.78, 5) is 27.9. The predicted octanol–water partition coefficient (Wildman–Crippen LogP) is -0.702. The number of carbonyl (C=O) groups excluding carboxylic acids is 2. The van der Waals surface area contributed by atoms with Gasteiger partial charge in [-0.15, -0.1) is 0 Å². The number of ether oxygens (including phenoxy) is 1. The fraction of sp³-hybridized carbons (Fsp3) is 0.529. The molecule has 1 aromatic carbocycles. The van der Waals surface area contributed by atoms with Crippen LogP contribution in [0, 0.1) is 0 Å². The molecule has 1 unspecified atom stereocenters. The second-order valence-electron chi connectivity index (χ2n) is 6.08. The second kappa shape index (κ2) is 8.12. The second-order valence-corrected chi connectivity index (χ2v) is 6.08. The molecule has 7 nitrogen and oxygen atoms in total. The van der Waals surface area contributed by atoms with Crippen molar-refractivity contribution in [2.45, 2.75) is 6.04 Å². The van der Waals surface area contributed by atoms with E-state index in [1.54, 1.807) is 0 Å². The number of piperazine rings is 2. The number of hydrogen-bond acceptors (Lipinski definition) is 5. The first kappa shape index (κ1) is 16.7. The van der Waals surface area contributed by atoms with Gasteiger partial charge in [-0.25, -0.2) is 0 Å². The Morgan fingerprint density at radius 1 is 1.17 bits per heavy atom. The van der Waals surface area contributed by atoms with E-state index in [1.165, 1.54) is 0 Å². The third kappa shape index (κ3) is 4.46. The van der Waals surface area contributed by atoms with Crippen molar-refractivity contribution in [2.24, 2.45) is 0 Å². The van der Waals surface area contributed by atoms with Crippen molar-refractivity contribution in [1.29, 1.82) is 0 Å². The minimum absolute atomic E-state index is 0.00994. The normalized spacial score (nSPS) is 22.1. The van der Waals surface area contributed by atoms with Gasteiger partial charge in [-0.2, -0.15) is 0 Å². The smallest absolute Gasteiger partial charge is 0.246 e. The highest BCUT2D eigenvalue weighted by atomic mass is 16.5. The zero-order valence-corrected chi connectivity index (χ0v) is 13.7. The van der Waals surface area contributed by atoms with Crippen LogP contribution in [-0.4, -0.2) is 80.1 Å². The third-order valence-corrected chi connectivity index (χ3v) is 4.37. The van der Waals surface area contributed by atoms with Crippen molar-refractivity contribution in [2.75, 3.05) is 52.4 Å². The topological polar surface area (TPSA) is 73.9 Å². The highest BCUT2D eigenvalue weighted by Crippen LogP contribution is 2.09. The summed E-state index contributed by atoms with van der Waals surface area (Å²) in [5.74, 6) is 0.777. The number of para-hydroxylation sites is 1. The van der Waals surface area contributed by atoms with Crippen LogP contribution in [-0.2, 0) is 9.59 Å². The Hall–Kier alpha value is -2.12. The van der Waals surface area contributed by atoms with Gasteiger partial charge in [-0.3, -0.25) is 14.5 Å². The molecule has 0 aliphatic carbocycles. The minimum Gasteiger partial charge on any atom is -0.492 e. The Morgan fingerprint density at radius 3 is 2.62 bits per heavy atom. The molecule has 0 spiro atoms. The summed E-state index contributed by atoms with van der Waals surface area (Å²) in [5.41, 5.74) is 0. The third-order valence-electron chi connectivity index (χ3n) is 4.37. The molecule has 0 bridgehead atoms. The van der Waals surface area contributed by atoms with Crippen molar-refractivity contribution in [3.63, 3.8) is 0 Å². The largest absolute Gasteiger partial charge is 0.492 e. The minimum atomic E-state index is -0.431. The van der Waals surface area contributed by atoms with E-state index in [-0.39, 0.29) is 11.8 Å². The van der Waals surface area contributed by atoms with E-state index in [0.717, 1.165) is 25.4 Å². The SMILES string of the molecule is O=C1CNCC(C(=O)N2CCN(CCOc3ccccc3)CC2)N1. The summed E-state index contributed by atoms with van der Waals surface area (Å²) in [6.07, 6.45) is 0. The number of amides is 2. The van der Waals surface area contributed by atoms with Gasteiger partial charge in [0.2, 0.25) is 11.8 Å². The first-order chi connectivity index (χ1) is 11.7. The Balaban J connectivity index is 1.37. The molecule has 2 N–H and O–H groups in total. The summed E-state index contributed by atoms with van der Waals surface area (Å²) in [7, 11) is 0. The van der Waals surface area contributed by atoms with E-state index in [0.29, 0.717) is 32.8 Å². The van der Waals surface area contributed by atoms with Gasteiger partial charge in [0.25, 0.3) is 0 Å². The molecule has 2 heterocycles. The van der Waals surface area contributed by atoms with Gasteiger partial charge in [0.15, 0.2) is 0 Å². The van der Waals surface area contributed by atoms with Crippen LogP contribution < -0.4 is 15.4 Å². The lowest BCUT2D eigenvalue weighted by Gasteiger charge is -2.37. The molecule has 1 atom stereocenters. The van der Waals surface area contributed by atoms with Gasteiger partial charge in [-0.1, -0.05) is 18.2 Å². The number of nitrogens with one attached hydrogen (secondary N) is 2. The van der Waals surface area contributed by atoms with Crippen LogP contribution >= 0.6 is 0 Å². The van der Waals surface area contributed by atoms with E-state index in [9.17, 15) is 9.59 Å². The van der Waals surface area contributed by atoms with Crippen LogP contribution in [0.25, 0.3) is 0 Å². The van der Waals surface area contributed by atoms with Crippen molar-refractivity contribution in [3.8, 4) is 5.75 Å². The maximum atomic E-state index is 12.4. The highest BCUT2D eigenvalue weighted by Gasteiger charge is 2.30. The molecule has 130 valence electrons. The first-order valence-electron chi connectivity index (χ1n) is 8.41. The Morgan fingerprint density at radius 2 is 1.92 bits per heavy atom. The maximum absolute atomic E-state index is 12.4. The average molecular weight is 332 g/mol. The number of carbonyl (C=O) groups is 2. The molecule has 0 saturated carbocycles. The molecular formula is C17H24N4O3. The van der Waals surface area contributed by atoms with Crippen molar-refractivity contribution in [3.05, 3.63) is 30.3 Å². The molecule has 2 aliphatic rings. The molecular weight excluding hydrogens is 308 g/mol. The molecule has 0 radical (unpaired) electrons. The lowest BCUT2D eigenvalue weighted by atomic mass is 10.2. The fourth-order valence-corrected chi connectivity index (χ4v) is 3.00. The highest BCUT2D eigenvalue weighted by molar-refractivity contribution is 5.89. The molecule has 2 amide bonds. The van der Waals surface area contributed by atoms with Crippen LogP contribution in [0.4, 0.5) is 0 Å². The van der Waals surface area contributed by atoms with E-state index in [1.807, 2.05) is 35.2 Å². The van der Waals surface area contributed by atoms with E-state index in [2.05, 4.69) is 15.5 Å². The maximum Gasteiger partial charge on any atom is 0.246 e. The van der Waals surface area contributed by atoms with E-state index >= 15 is 0 Å². The number of nitrogens with zero attached hydrogens (tertiary/aromatic N) is 2. The first-order valence-corrected chi connectivity index (χ1v) is 8.41. The van der Waals surface area contributed by atoms with Gasteiger partial charge in [0.1, 0.15) is 18.4 Å². The van der Waals surface area contributed by atoms with Gasteiger partial charge in [0, 0.05) is 39.3 Å². The summed E-state index contributed by atoms with van der Waals surface area (Å²) in [5, 5.41) is 5.72. The van der Waals surface area contributed by atoms with Gasteiger partial charge >= 0.3 is 0 Å². The van der Waals surface area contributed by atoms with Crippen molar-refractivity contribution >= 4 is 11.8 Å². The molecule has 7 heteroatoms. The lowest BCUT2D eigenvalue weighted by Crippen LogP contribution is -2.61. The molecule has 0 aromatic heterocycles. The van der Waals surface area contributed by atoms with Gasteiger partial charge < -0.3 is 20.3 Å². The van der Waals surface area contributed by atoms with Crippen LogP contribution in [0.5, 0.6) is 5.75 Å². The molecule has 2 saturated heterocycles. The van der Waals surface area contributed by atoms with E-state index < -0.39 is 6.04 Å². The van der Waals surface area contributed by atoms with Gasteiger partial charge in [-0.05, 0) is 12.1 Å². The summed E-state index contributed by atoms with van der Waals surface area (Å²) in [6, 6.07) is 9.34. The zero-order valence-electron chi connectivity index (χ0n) is 13.7. The molecule has 2 aliphatic heterocycles. The molecule has 1 aromatic rings. The number of hydrogen-bond donors (Lipinski definition) is 2. The lowest BCUT2D eigenvalue weighted by molar-refractivity contribution is -0.138. The zero-order chi connectivity index (χ0) is 16.8. The van der Waals surface area contributed by atoms with E-state index in [4.69, 9.17) is 4.74 Å². The van der Waals surface area contributed by atoms with Crippen LogP contribution in [0.1, 0.15) is 0 Å². The Labute approximate surface area is 141 Å². The molecule has 3 rings (SSSR count). The van der Waals surface area contributed by atoms with Crippen LogP contribution in [0.2, 0.25) is 0 Å². The monoisotopic (exact) mass is 332 g/mol. The summed E-state index contributed by atoms with van der Waals surface area (Å²) in [6.45, 7) is 5.33. The van der Waals surface area contributed by atoms with Crippen LogP contribution in [0.15, 0.2) is 30.3 Å². The predicted molar refractivity (Wildman–Crippen MR) is 89.8 cm³/mol. The van der Waals surface area contributed by atoms with Gasteiger partial charge in [0.05, 0.1) is 6.54 Å². The number of benzene rings is 1. The fourth-order valence-electron chi connectivity index (χ4n) is 3.00. The quantitative estimate of drug-likeness (QED) is 0.746. The average Bonchev–Trinajstić information content (AvgIpc) is 2.63. The summed E-state index contributed by atoms with van der Waals surface area (Å²) >= 11 is 0.